The number of unbranched alkanes of at least 4 members (excludes halogenated alkanes) is 3. The van der Waals surface area contributed by atoms with Crippen molar-refractivity contribution in [2.45, 2.75) is 53.0 Å². The maximum absolute atomic E-state index is 12.8. The SMILES string of the molecule is C=C(C)C(=O)OCCCCCCOc1ccc(C(=O)Oc2ccc(CNc3ccc(N=Nc4ccc(C)cc4C)c4ccccc34)cc2)cc1. The molecule has 0 fully saturated rings. The number of nitrogens with one attached hydrogen (secondary N) is 1. The van der Waals surface area contributed by atoms with Crippen LogP contribution in [0.4, 0.5) is 17.1 Å². The Morgan fingerprint density at radius 1 is 0.720 bits per heavy atom. The van der Waals surface area contributed by atoms with Gasteiger partial charge in [-0.2, -0.15) is 5.11 Å². The lowest BCUT2D eigenvalue weighted by Crippen LogP contribution is -2.08. The third-order valence-corrected chi connectivity index (χ3v) is 8.11. The highest BCUT2D eigenvalue weighted by Gasteiger charge is 2.10. The van der Waals surface area contributed by atoms with Crippen molar-refractivity contribution in [2.24, 2.45) is 10.2 Å². The summed E-state index contributed by atoms with van der Waals surface area (Å²) in [5.74, 6) is 0.385. The Labute approximate surface area is 293 Å². The number of esters is 2. The maximum Gasteiger partial charge on any atom is 0.343 e. The predicted molar refractivity (Wildman–Crippen MR) is 199 cm³/mol. The van der Waals surface area contributed by atoms with Gasteiger partial charge in [-0.15, -0.1) is 5.11 Å². The van der Waals surface area contributed by atoms with Crippen molar-refractivity contribution in [2.75, 3.05) is 18.5 Å². The number of hydrogen-bond donors (Lipinski definition) is 1. The Bertz CT molecular complexity index is 1970. The van der Waals surface area contributed by atoms with Crippen LogP contribution in [0.1, 0.15) is 59.7 Å². The van der Waals surface area contributed by atoms with Crippen LogP contribution in [0, 0.1) is 13.8 Å². The van der Waals surface area contributed by atoms with Gasteiger partial charge in [0.25, 0.3) is 0 Å². The second kappa shape index (κ2) is 17.6. The van der Waals surface area contributed by atoms with Gasteiger partial charge in [0.15, 0.2) is 0 Å². The highest BCUT2D eigenvalue weighted by Crippen LogP contribution is 2.34. The number of rotatable bonds is 16. The smallest absolute Gasteiger partial charge is 0.343 e. The van der Waals surface area contributed by atoms with Crippen LogP contribution in [0.5, 0.6) is 11.5 Å². The molecule has 0 aromatic heterocycles. The van der Waals surface area contributed by atoms with E-state index in [9.17, 15) is 9.59 Å². The zero-order valence-electron chi connectivity index (χ0n) is 28.9. The normalized spacial score (nSPS) is 11.0. The molecule has 0 atom stereocenters. The van der Waals surface area contributed by atoms with Crippen molar-refractivity contribution in [3.05, 3.63) is 138 Å². The monoisotopic (exact) mass is 669 g/mol. The average Bonchev–Trinajstić information content (AvgIpc) is 3.12. The van der Waals surface area contributed by atoms with Crippen molar-refractivity contribution in [1.82, 2.24) is 0 Å². The van der Waals surface area contributed by atoms with Crippen molar-refractivity contribution in [3.63, 3.8) is 0 Å². The summed E-state index contributed by atoms with van der Waals surface area (Å²) in [4.78, 5) is 24.1. The van der Waals surface area contributed by atoms with Gasteiger partial charge < -0.3 is 19.5 Å². The molecule has 5 aromatic rings. The number of carbonyl (C=O) groups is 2. The Morgan fingerprint density at radius 3 is 2.10 bits per heavy atom. The number of hydrogen-bond acceptors (Lipinski definition) is 8. The minimum atomic E-state index is -0.434. The summed E-state index contributed by atoms with van der Waals surface area (Å²) < 4.78 is 16.5. The number of nitrogens with zero attached hydrogens (tertiary/aromatic N) is 2. The molecule has 50 heavy (non-hydrogen) atoms. The zero-order chi connectivity index (χ0) is 35.3. The lowest BCUT2D eigenvalue weighted by molar-refractivity contribution is -0.139. The number of benzene rings is 5. The van der Waals surface area contributed by atoms with Crippen LogP contribution in [0.25, 0.3) is 10.8 Å². The minimum Gasteiger partial charge on any atom is -0.494 e. The van der Waals surface area contributed by atoms with Crippen molar-refractivity contribution in [3.8, 4) is 11.5 Å². The lowest BCUT2D eigenvalue weighted by atomic mass is 10.1. The first-order valence-corrected chi connectivity index (χ1v) is 16.9. The van der Waals surface area contributed by atoms with Gasteiger partial charge in [-0.1, -0.05) is 60.7 Å². The first-order chi connectivity index (χ1) is 24.3. The van der Waals surface area contributed by atoms with Gasteiger partial charge in [-0.3, -0.25) is 0 Å². The van der Waals surface area contributed by atoms with E-state index in [0.717, 1.165) is 64.6 Å². The molecule has 0 aliphatic rings. The molecule has 5 rings (SSSR count). The Kier molecular flexibility index (Phi) is 12.5. The standard InChI is InChI=1S/C42H43N3O5/c1-29(2)41(46)49-26-10-6-5-9-25-48-34-20-16-33(17-21-34)42(47)50-35-18-14-32(15-19-35)28-43-39-23-24-40(37-12-8-7-11-36(37)39)45-44-38-22-13-30(3)27-31(38)4/h7-8,11-24,27,43H,1,5-6,9-10,25-26,28H2,2-4H3. The fourth-order valence-corrected chi connectivity index (χ4v) is 5.31. The van der Waals surface area contributed by atoms with E-state index < -0.39 is 5.97 Å². The molecule has 0 radical (unpaired) electrons. The van der Waals surface area contributed by atoms with E-state index in [4.69, 9.17) is 14.2 Å². The molecule has 0 saturated carbocycles. The van der Waals surface area contributed by atoms with Gasteiger partial charge >= 0.3 is 11.9 Å². The molecule has 256 valence electrons. The molecular formula is C42H43N3O5. The fraction of sp³-hybridized carbons (Fsp3) is 0.238. The summed E-state index contributed by atoms with van der Waals surface area (Å²) in [6, 6.07) is 32.7. The van der Waals surface area contributed by atoms with E-state index in [2.05, 4.69) is 47.2 Å². The molecule has 0 amide bonds. The Hall–Kier alpha value is -5.76. The molecule has 5 aromatic carbocycles. The third kappa shape index (κ3) is 10.1. The number of azo groups is 1. The quantitative estimate of drug-likeness (QED) is 0.0369. The summed E-state index contributed by atoms with van der Waals surface area (Å²) in [5.41, 5.74) is 6.85. The summed E-state index contributed by atoms with van der Waals surface area (Å²) in [6.07, 6.45) is 3.61. The summed E-state index contributed by atoms with van der Waals surface area (Å²) >= 11 is 0. The molecule has 0 aliphatic carbocycles. The Balaban J connectivity index is 1.07. The first-order valence-electron chi connectivity index (χ1n) is 16.9. The molecule has 0 unspecified atom stereocenters. The van der Waals surface area contributed by atoms with E-state index in [1.807, 2.05) is 55.5 Å². The highest BCUT2D eigenvalue weighted by molar-refractivity contribution is 6.00. The summed E-state index contributed by atoms with van der Waals surface area (Å²) in [7, 11) is 0. The van der Waals surface area contributed by atoms with Crippen LogP contribution < -0.4 is 14.8 Å². The van der Waals surface area contributed by atoms with Crippen molar-refractivity contribution < 1.29 is 23.8 Å². The fourth-order valence-electron chi connectivity index (χ4n) is 5.31. The van der Waals surface area contributed by atoms with Gasteiger partial charge in [0.05, 0.1) is 30.2 Å². The topological polar surface area (TPSA) is 98.6 Å². The molecule has 8 heteroatoms. The van der Waals surface area contributed by atoms with Crippen molar-refractivity contribution >= 4 is 39.8 Å². The molecular weight excluding hydrogens is 626 g/mol. The van der Waals surface area contributed by atoms with Crippen LogP contribution in [0.3, 0.4) is 0 Å². The van der Waals surface area contributed by atoms with E-state index in [-0.39, 0.29) is 5.97 Å². The van der Waals surface area contributed by atoms with Crippen LogP contribution in [0.15, 0.2) is 126 Å². The summed E-state index contributed by atoms with van der Waals surface area (Å²) in [6.45, 7) is 10.9. The maximum atomic E-state index is 12.8. The second-order valence-corrected chi connectivity index (χ2v) is 12.3. The van der Waals surface area contributed by atoms with Gasteiger partial charge in [0, 0.05) is 28.6 Å². The molecule has 0 spiro atoms. The van der Waals surface area contributed by atoms with Crippen LogP contribution in [0.2, 0.25) is 0 Å². The molecule has 0 bridgehead atoms. The number of anilines is 1. The predicted octanol–water partition coefficient (Wildman–Crippen LogP) is 10.8. The molecule has 1 N–H and O–H groups in total. The molecule has 0 aliphatic heterocycles. The first kappa shape index (κ1) is 35.5. The Morgan fingerprint density at radius 2 is 1.38 bits per heavy atom. The largest absolute Gasteiger partial charge is 0.494 e. The minimum absolute atomic E-state index is 0.343. The van der Waals surface area contributed by atoms with Gasteiger partial charge in [0.2, 0.25) is 0 Å². The highest BCUT2D eigenvalue weighted by atomic mass is 16.5. The van der Waals surface area contributed by atoms with E-state index in [1.54, 1.807) is 43.3 Å². The van der Waals surface area contributed by atoms with E-state index in [0.29, 0.717) is 42.4 Å². The number of carbonyl (C=O) groups excluding carboxylic acids is 2. The van der Waals surface area contributed by atoms with Crippen molar-refractivity contribution in [1.29, 1.82) is 0 Å². The number of aryl methyl sites for hydroxylation is 2. The molecule has 8 nitrogen and oxygen atoms in total. The number of ether oxygens (including phenoxy) is 3. The lowest BCUT2D eigenvalue weighted by Gasteiger charge is -2.12. The third-order valence-electron chi connectivity index (χ3n) is 8.11. The summed E-state index contributed by atoms with van der Waals surface area (Å²) in [5, 5.41) is 14.7. The van der Waals surface area contributed by atoms with E-state index in [1.165, 1.54) is 5.56 Å². The second-order valence-electron chi connectivity index (χ2n) is 12.3. The van der Waals surface area contributed by atoms with Gasteiger partial charge in [-0.05, 0) is 112 Å². The van der Waals surface area contributed by atoms with Crippen LogP contribution in [-0.2, 0) is 16.1 Å². The van der Waals surface area contributed by atoms with Crippen LogP contribution >= 0.6 is 0 Å². The average molecular weight is 670 g/mol. The molecule has 0 heterocycles. The zero-order valence-corrected chi connectivity index (χ0v) is 28.9. The van der Waals surface area contributed by atoms with Gasteiger partial charge in [0.1, 0.15) is 11.5 Å². The number of fused-ring (bicyclic) bond motifs is 1. The van der Waals surface area contributed by atoms with Gasteiger partial charge in [-0.25, -0.2) is 9.59 Å². The van der Waals surface area contributed by atoms with E-state index >= 15 is 0 Å². The van der Waals surface area contributed by atoms with Crippen LogP contribution in [-0.4, -0.2) is 25.2 Å². The molecule has 0 saturated heterocycles.